The summed E-state index contributed by atoms with van der Waals surface area (Å²) < 4.78 is 0. The molecule has 0 aliphatic heterocycles. The van der Waals surface area contributed by atoms with Crippen molar-refractivity contribution in [1.29, 1.82) is 0 Å². The van der Waals surface area contributed by atoms with Crippen molar-refractivity contribution >= 4 is 24.2 Å². The second-order valence-electron chi connectivity index (χ2n) is 9.78. The number of hydrogen-bond acceptors (Lipinski definition) is 3. The van der Waals surface area contributed by atoms with Gasteiger partial charge in [-0.05, 0) is 53.9 Å². The van der Waals surface area contributed by atoms with E-state index in [0.29, 0.717) is 17.2 Å². The highest BCUT2D eigenvalue weighted by atomic mass is 32.1. The van der Waals surface area contributed by atoms with E-state index >= 15 is 0 Å². The lowest BCUT2D eigenvalue weighted by Gasteiger charge is -2.29. The van der Waals surface area contributed by atoms with Gasteiger partial charge in [0.05, 0.1) is 10.6 Å². The number of nitrogens with zero attached hydrogens (tertiary/aromatic N) is 1. The second kappa shape index (κ2) is 11.7. The molecule has 0 spiro atoms. The van der Waals surface area contributed by atoms with Crippen LogP contribution in [0.1, 0.15) is 98.1 Å². The minimum Gasteiger partial charge on any atom is -0.288 e. The first-order valence-electron chi connectivity index (χ1n) is 12.0. The summed E-state index contributed by atoms with van der Waals surface area (Å²) in [6.07, 6.45) is 6.03. The molecule has 2 aromatic carbocycles. The summed E-state index contributed by atoms with van der Waals surface area (Å²) in [6.45, 7) is 15.7. The molecule has 0 aliphatic rings. The molecule has 2 rings (SSSR count). The van der Waals surface area contributed by atoms with Crippen LogP contribution in [0.5, 0.6) is 5.75 Å². The van der Waals surface area contributed by atoms with Gasteiger partial charge in [0.25, 0.3) is 0 Å². The lowest BCUT2D eigenvalue weighted by molar-refractivity contribution is -0.120. The van der Waals surface area contributed by atoms with Crippen LogP contribution < -0.4 is 4.89 Å². The van der Waals surface area contributed by atoms with Crippen LogP contribution in [0.15, 0.2) is 52.4 Å². The molecule has 4 heteroatoms. The minimum atomic E-state index is -0.0364. The Morgan fingerprint density at radius 2 is 1.59 bits per heavy atom. The van der Waals surface area contributed by atoms with Crippen molar-refractivity contribution in [1.82, 2.24) is 0 Å². The van der Waals surface area contributed by atoms with Gasteiger partial charge in [0, 0.05) is 12.0 Å². The molecule has 0 aliphatic carbocycles. The quantitative estimate of drug-likeness (QED) is 0.111. The average molecular weight is 455 g/mol. The molecular weight excluding hydrogens is 414 g/mol. The first-order valence-corrected chi connectivity index (χ1v) is 12.4. The Morgan fingerprint density at radius 1 is 0.906 bits per heavy atom. The zero-order chi connectivity index (χ0) is 23.8. The number of para-hydroxylation sites is 1. The van der Waals surface area contributed by atoms with Crippen molar-refractivity contribution in [2.75, 3.05) is 0 Å². The van der Waals surface area contributed by atoms with Gasteiger partial charge in [0.2, 0.25) is 5.90 Å². The Kier molecular flexibility index (Phi) is 9.57. The van der Waals surface area contributed by atoms with E-state index in [-0.39, 0.29) is 10.8 Å². The smallest absolute Gasteiger partial charge is 0.246 e. The third-order valence-corrected chi connectivity index (χ3v) is 6.94. The van der Waals surface area contributed by atoms with Crippen molar-refractivity contribution in [2.45, 2.75) is 103 Å². The van der Waals surface area contributed by atoms with Crippen molar-refractivity contribution in [3.8, 4) is 5.75 Å². The molecule has 0 N–H and O–H groups in total. The van der Waals surface area contributed by atoms with E-state index in [2.05, 4.69) is 60.6 Å². The van der Waals surface area contributed by atoms with E-state index in [4.69, 9.17) is 27.4 Å². The molecule has 0 saturated heterocycles. The van der Waals surface area contributed by atoms with Crippen LogP contribution in [0.2, 0.25) is 0 Å². The third-order valence-electron chi connectivity index (χ3n) is 6.59. The summed E-state index contributed by atoms with van der Waals surface area (Å²) in [5, 5.41) is 0. The molecule has 0 unspecified atom stereocenters. The van der Waals surface area contributed by atoms with E-state index in [1.54, 1.807) is 0 Å². The van der Waals surface area contributed by atoms with Gasteiger partial charge in [0.1, 0.15) is 0 Å². The normalized spacial score (nSPS) is 12.7. The molecule has 175 valence electrons. The van der Waals surface area contributed by atoms with Gasteiger partial charge in [-0.1, -0.05) is 98.2 Å². The van der Waals surface area contributed by atoms with Gasteiger partial charge in [-0.15, -0.1) is 0 Å². The predicted molar refractivity (Wildman–Crippen MR) is 138 cm³/mol. The molecule has 0 atom stereocenters. The molecule has 0 aromatic heterocycles. The van der Waals surface area contributed by atoms with Gasteiger partial charge < -0.3 is 0 Å². The van der Waals surface area contributed by atoms with E-state index < -0.39 is 0 Å². The summed E-state index contributed by atoms with van der Waals surface area (Å²) in [7, 11) is 0. The molecule has 32 heavy (non-hydrogen) atoms. The summed E-state index contributed by atoms with van der Waals surface area (Å²) in [6, 6.07) is 14.2. The molecule has 3 nitrogen and oxygen atoms in total. The Balaban J connectivity index is 2.36. The molecule has 0 fully saturated rings. The Hall–Kier alpha value is -2.07. The maximum atomic E-state index is 5.97. The van der Waals surface area contributed by atoms with Gasteiger partial charge in [-0.25, -0.2) is 4.99 Å². The first-order chi connectivity index (χ1) is 15.1. The van der Waals surface area contributed by atoms with E-state index in [1.807, 2.05) is 30.3 Å². The highest BCUT2D eigenvalue weighted by molar-refractivity contribution is 7.80. The highest BCUT2D eigenvalue weighted by Gasteiger charge is 2.27. The fourth-order valence-corrected chi connectivity index (χ4v) is 3.56. The molecular formula is C28H40NO2S. The number of rotatable bonds is 11. The van der Waals surface area contributed by atoms with Crippen LogP contribution >= 0.6 is 12.6 Å². The minimum absolute atomic E-state index is 0.0364. The standard InChI is InChI=1S/C28H40NO2S/c1-8-11-12-17-26(29-23-15-13-14-16-25(23)32)31-30-24-19-18-21(27(4,5)9-2)20-22(24)28(6,7)10-3/h13-16,18-20H,8-12,17H2,1-7H3. The summed E-state index contributed by atoms with van der Waals surface area (Å²) >= 11 is 5.43. The van der Waals surface area contributed by atoms with Crippen LogP contribution in [0.25, 0.3) is 0 Å². The maximum absolute atomic E-state index is 5.97. The summed E-state index contributed by atoms with van der Waals surface area (Å²) in [4.78, 5) is 17.2. The monoisotopic (exact) mass is 454 g/mol. The molecule has 1 radical (unpaired) electrons. The number of benzene rings is 2. The molecule has 0 heterocycles. The van der Waals surface area contributed by atoms with Crippen LogP contribution in [0.4, 0.5) is 5.69 Å². The average Bonchev–Trinajstić information content (AvgIpc) is 2.78. The fourth-order valence-electron chi connectivity index (χ4n) is 3.37. The molecule has 0 amide bonds. The van der Waals surface area contributed by atoms with E-state index in [0.717, 1.165) is 49.1 Å². The van der Waals surface area contributed by atoms with Crippen molar-refractivity contribution in [3.05, 3.63) is 53.6 Å². The van der Waals surface area contributed by atoms with Gasteiger partial charge in [0.15, 0.2) is 5.75 Å². The lowest BCUT2D eigenvalue weighted by atomic mass is 9.76. The largest absolute Gasteiger partial charge is 0.288 e. The van der Waals surface area contributed by atoms with E-state index in [9.17, 15) is 0 Å². The Labute approximate surface area is 201 Å². The van der Waals surface area contributed by atoms with Crippen molar-refractivity contribution in [2.24, 2.45) is 4.99 Å². The number of unbranched alkanes of at least 4 members (excludes halogenated alkanes) is 2. The zero-order valence-electron chi connectivity index (χ0n) is 21.0. The SMILES string of the molecule is CCCCCC(=Nc1ccccc1[S])OOc1ccc(C(C)(C)CC)cc1C(C)(C)CC. The van der Waals surface area contributed by atoms with Crippen LogP contribution in [-0.2, 0) is 15.7 Å². The topological polar surface area (TPSA) is 30.8 Å². The Morgan fingerprint density at radius 3 is 2.22 bits per heavy atom. The number of hydrogen-bond donors (Lipinski definition) is 0. The maximum Gasteiger partial charge on any atom is 0.246 e. The van der Waals surface area contributed by atoms with Crippen molar-refractivity contribution in [3.63, 3.8) is 0 Å². The van der Waals surface area contributed by atoms with Crippen LogP contribution in [0.3, 0.4) is 0 Å². The summed E-state index contributed by atoms with van der Waals surface area (Å²) in [5.74, 6) is 1.32. The fraction of sp³-hybridized carbons (Fsp3) is 0.536. The molecule has 0 bridgehead atoms. The lowest BCUT2D eigenvalue weighted by Crippen LogP contribution is -2.21. The summed E-state index contributed by atoms with van der Waals surface area (Å²) in [5.41, 5.74) is 3.30. The highest BCUT2D eigenvalue weighted by Crippen LogP contribution is 2.38. The number of aliphatic imine (C=N–C) groups is 1. The molecule has 0 saturated carbocycles. The first kappa shape index (κ1) is 26.2. The third kappa shape index (κ3) is 6.96. The zero-order valence-corrected chi connectivity index (χ0v) is 21.8. The van der Waals surface area contributed by atoms with Gasteiger partial charge >= 0.3 is 0 Å². The Bertz CT molecular complexity index is 902. The van der Waals surface area contributed by atoms with Crippen molar-refractivity contribution < 1.29 is 9.78 Å². The van der Waals surface area contributed by atoms with Gasteiger partial charge in [-0.3, -0.25) is 9.78 Å². The predicted octanol–water partition coefficient (Wildman–Crippen LogP) is 9.24. The van der Waals surface area contributed by atoms with Crippen LogP contribution in [0, 0.1) is 0 Å². The van der Waals surface area contributed by atoms with E-state index in [1.165, 1.54) is 5.56 Å². The second-order valence-corrected chi connectivity index (χ2v) is 10.2. The molecule has 2 aromatic rings. The van der Waals surface area contributed by atoms with Gasteiger partial charge in [-0.2, -0.15) is 0 Å². The van der Waals surface area contributed by atoms with Crippen LogP contribution in [-0.4, -0.2) is 5.90 Å².